The Hall–Kier alpha value is -1.20. The zero-order valence-corrected chi connectivity index (χ0v) is 7.74. The lowest BCUT2D eigenvalue weighted by atomic mass is 10.3. The summed E-state index contributed by atoms with van der Waals surface area (Å²) >= 11 is 5.79. The molecule has 0 aliphatic heterocycles. The predicted octanol–water partition coefficient (Wildman–Crippen LogP) is 2.91. The average Bonchev–Trinajstić information content (AvgIpc) is 2.11. The Labute approximate surface area is 81.9 Å². The van der Waals surface area contributed by atoms with Crippen molar-refractivity contribution in [3.63, 3.8) is 0 Å². The third-order valence-electron chi connectivity index (χ3n) is 1.51. The second-order valence-electron chi connectivity index (χ2n) is 2.51. The van der Waals surface area contributed by atoms with Gasteiger partial charge in [-0.2, -0.15) is 0 Å². The topological polar surface area (TPSA) is 12.0 Å². The standard InChI is InChI=1S/C10H9ClFN/c1-2-3-6-13-10-7-8(12)4-5-9(10)11/h1,4-5,7,13H,3,6H2. The van der Waals surface area contributed by atoms with E-state index in [4.69, 9.17) is 18.0 Å². The maximum Gasteiger partial charge on any atom is 0.125 e. The molecule has 0 aliphatic carbocycles. The minimum Gasteiger partial charge on any atom is -0.383 e. The van der Waals surface area contributed by atoms with Gasteiger partial charge in [-0.1, -0.05) is 11.6 Å². The molecule has 1 aromatic rings. The van der Waals surface area contributed by atoms with E-state index in [1.54, 1.807) is 0 Å². The van der Waals surface area contributed by atoms with E-state index in [1.807, 2.05) is 0 Å². The van der Waals surface area contributed by atoms with Gasteiger partial charge in [-0.15, -0.1) is 12.3 Å². The molecule has 0 unspecified atom stereocenters. The van der Waals surface area contributed by atoms with Crippen LogP contribution in [0.1, 0.15) is 6.42 Å². The number of hydrogen-bond acceptors (Lipinski definition) is 1. The minimum atomic E-state index is -0.312. The minimum absolute atomic E-state index is 0.312. The Balaban J connectivity index is 2.65. The molecule has 0 aliphatic rings. The normalized spacial score (nSPS) is 9.31. The zero-order chi connectivity index (χ0) is 9.68. The second kappa shape index (κ2) is 4.74. The van der Waals surface area contributed by atoms with Crippen LogP contribution in [0.2, 0.25) is 5.02 Å². The lowest BCUT2D eigenvalue weighted by molar-refractivity contribution is 0.628. The van der Waals surface area contributed by atoms with Gasteiger partial charge in [-0.05, 0) is 18.2 Å². The molecule has 0 saturated heterocycles. The van der Waals surface area contributed by atoms with Crippen LogP contribution in [-0.4, -0.2) is 6.54 Å². The van der Waals surface area contributed by atoms with Crippen LogP contribution in [0, 0.1) is 18.2 Å². The first kappa shape index (κ1) is 9.88. The number of nitrogens with one attached hydrogen (secondary N) is 1. The van der Waals surface area contributed by atoms with Gasteiger partial charge in [0.25, 0.3) is 0 Å². The van der Waals surface area contributed by atoms with Crippen molar-refractivity contribution in [3.05, 3.63) is 29.0 Å². The van der Waals surface area contributed by atoms with E-state index >= 15 is 0 Å². The average molecular weight is 198 g/mol. The largest absolute Gasteiger partial charge is 0.383 e. The molecule has 1 nitrogen and oxygen atoms in total. The molecule has 13 heavy (non-hydrogen) atoms. The van der Waals surface area contributed by atoms with E-state index < -0.39 is 0 Å². The lowest BCUT2D eigenvalue weighted by Gasteiger charge is -2.05. The molecular weight excluding hydrogens is 189 g/mol. The van der Waals surface area contributed by atoms with Crippen LogP contribution < -0.4 is 5.32 Å². The predicted molar refractivity (Wildman–Crippen MR) is 53.3 cm³/mol. The first-order valence-corrected chi connectivity index (χ1v) is 4.24. The van der Waals surface area contributed by atoms with Gasteiger partial charge in [0.1, 0.15) is 5.82 Å². The fourth-order valence-corrected chi connectivity index (χ4v) is 1.09. The van der Waals surface area contributed by atoms with E-state index in [2.05, 4.69) is 11.2 Å². The zero-order valence-electron chi connectivity index (χ0n) is 6.98. The summed E-state index contributed by atoms with van der Waals surface area (Å²) in [4.78, 5) is 0. The molecule has 3 heteroatoms. The number of halogens is 2. The molecule has 0 aromatic heterocycles. The third kappa shape index (κ3) is 2.96. The van der Waals surface area contributed by atoms with Gasteiger partial charge in [-0.25, -0.2) is 4.39 Å². The van der Waals surface area contributed by atoms with Crippen molar-refractivity contribution in [2.24, 2.45) is 0 Å². The first-order chi connectivity index (χ1) is 6.24. The van der Waals surface area contributed by atoms with Gasteiger partial charge >= 0.3 is 0 Å². The maximum atomic E-state index is 12.7. The van der Waals surface area contributed by atoms with Crippen LogP contribution >= 0.6 is 11.6 Å². The molecular formula is C10H9ClFN. The summed E-state index contributed by atoms with van der Waals surface area (Å²) in [5.74, 6) is 2.16. The van der Waals surface area contributed by atoms with Gasteiger partial charge in [0.05, 0.1) is 10.7 Å². The van der Waals surface area contributed by atoms with E-state index in [9.17, 15) is 4.39 Å². The number of rotatable bonds is 3. The summed E-state index contributed by atoms with van der Waals surface area (Å²) in [7, 11) is 0. The third-order valence-corrected chi connectivity index (χ3v) is 1.84. The molecule has 0 radical (unpaired) electrons. The van der Waals surface area contributed by atoms with Gasteiger partial charge < -0.3 is 5.32 Å². The van der Waals surface area contributed by atoms with Crippen molar-refractivity contribution < 1.29 is 4.39 Å². The highest BCUT2D eigenvalue weighted by Gasteiger charge is 1.99. The SMILES string of the molecule is C#CCCNc1cc(F)ccc1Cl. The monoisotopic (exact) mass is 197 g/mol. The molecule has 1 rings (SSSR count). The highest BCUT2D eigenvalue weighted by atomic mass is 35.5. The summed E-state index contributed by atoms with van der Waals surface area (Å²) in [6.45, 7) is 0.597. The fourth-order valence-electron chi connectivity index (χ4n) is 0.902. The Kier molecular flexibility index (Phi) is 3.60. The number of anilines is 1. The van der Waals surface area contributed by atoms with Crippen LogP contribution in [0.25, 0.3) is 0 Å². The Bertz CT molecular complexity index is 330. The highest BCUT2D eigenvalue weighted by Crippen LogP contribution is 2.21. The van der Waals surface area contributed by atoms with E-state index in [0.717, 1.165) is 0 Å². The number of benzene rings is 1. The second-order valence-corrected chi connectivity index (χ2v) is 2.91. The Morgan fingerprint density at radius 3 is 3.00 bits per heavy atom. The summed E-state index contributed by atoms with van der Waals surface area (Å²) in [5, 5.41) is 3.44. The van der Waals surface area contributed by atoms with Crippen LogP contribution in [0.15, 0.2) is 18.2 Å². The van der Waals surface area contributed by atoms with Gasteiger partial charge in [-0.3, -0.25) is 0 Å². The van der Waals surface area contributed by atoms with Gasteiger partial charge in [0.2, 0.25) is 0 Å². The van der Waals surface area contributed by atoms with Crippen molar-refractivity contribution in [1.29, 1.82) is 0 Å². The molecule has 0 spiro atoms. The van der Waals surface area contributed by atoms with E-state index in [1.165, 1.54) is 18.2 Å². The van der Waals surface area contributed by atoms with Crippen LogP contribution in [0.5, 0.6) is 0 Å². The van der Waals surface area contributed by atoms with Crippen molar-refractivity contribution in [2.75, 3.05) is 11.9 Å². The van der Waals surface area contributed by atoms with Crippen LogP contribution in [0.4, 0.5) is 10.1 Å². The van der Waals surface area contributed by atoms with E-state index in [-0.39, 0.29) is 5.82 Å². The molecule has 1 N–H and O–H groups in total. The molecule has 0 saturated carbocycles. The van der Waals surface area contributed by atoms with Crippen molar-refractivity contribution in [2.45, 2.75) is 6.42 Å². The van der Waals surface area contributed by atoms with Crippen molar-refractivity contribution >= 4 is 17.3 Å². The maximum absolute atomic E-state index is 12.7. The van der Waals surface area contributed by atoms with Gasteiger partial charge in [0, 0.05) is 13.0 Å². The molecule has 0 amide bonds. The Morgan fingerprint density at radius 1 is 1.54 bits per heavy atom. The van der Waals surface area contributed by atoms with Gasteiger partial charge in [0.15, 0.2) is 0 Å². The summed E-state index contributed by atoms with van der Waals surface area (Å²) < 4.78 is 12.7. The number of hydrogen-bond donors (Lipinski definition) is 1. The van der Waals surface area contributed by atoms with Crippen molar-refractivity contribution in [3.8, 4) is 12.3 Å². The molecule has 0 heterocycles. The van der Waals surface area contributed by atoms with Crippen LogP contribution in [0.3, 0.4) is 0 Å². The lowest BCUT2D eigenvalue weighted by Crippen LogP contribution is -2.00. The highest BCUT2D eigenvalue weighted by molar-refractivity contribution is 6.33. The van der Waals surface area contributed by atoms with E-state index in [0.29, 0.717) is 23.7 Å². The quantitative estimate of drug-likeness (QED) is 0.581. The van der Waals surface area contributed by atoms with Crippen molar-refractivity contribution in [1.82, 2.24) is 0 Å². The van der Waals surface area contributed by atoms with Crippen LogP contribution in [-0.2, 0) is 0 Å². The fraction of sp³-hybridized carbons (Fsp3) is 0.200. The summed E-state index contributed by atoms with van der Waals surface area (Å²) in [6.07, 6.45) is 5.65. The molecule has 1 aromatic carbocycles. The molecule has 0 atom stereocenters. The Morgan fingerprint density at radius 2 is 2.31 bits per heavy atom. The summed E-state index contributed by atoms with van der Waals surface area (Å²) in [5.41, 5.74) is 0.580. The first-order valence-electron chi connectivity index (χ1n) is 3.86. The molecule has 68 valence electrons. The number of terminal acetylenes is 1. The molecule has 0 bridgehead atoms. The molecule has 0 fully saturated rings. The smallest absolute Gasteiger partial charge is 0.125 e. The summed E-state index contributed by atoms with van der Waals surface area (Å²) in [6, 6.07) is 4.17.